The second-order valence-corrected chi connectivity index (χ2v) is 7.95. The highest BCUT2D eigenvalue weighted by atomic mass is 35.5. The second-order valence-electron chi connectivity index (χ2n) is 7.11. The highest BCUT2D eigenvalue weighted by Crippen LogP contribution is 2.30. The minimum Gasteiger partial charge on any atom is -0.306 e. The molecule has 1 N–H and O–H groups in total. The molecule has 156 valence electrons. The highest BCUT2D eigenvalue weighted by Gasteiger charge is 2.30. The number of hydrogen-bond donors (Lipinski definition) is 1. The van der Waals surface area contributed by atoms with Gasteiger partial charge in [0.2, 0.25) is 0 Å². The zero-order chi connectivity index (χ0) is 21.5. The van der Waals surface area contributed by atoms with Gasteiger partial charge < -0.3 is 4.98 Å². The number of fused-ring (bicyclic) bond motifs is 1. The molecular weight excluding hydrogens is 438 g/mol. The van der Waals surface area contributed by atoms with Crippen molar-refractivity contribution in [3.8, 4) is 11.4 Å². The van der Waals surface area contributed by atoms with E-state index in [1.165, 1.54) is 12.1 Å². The van der Waals surface area contributed by atoms with E-state index in [2.05, 4.69) is 14.9 Å². The number of alkyl halides is 3. The van der Waals surface area contributed by atoms with Gasteiger partial charge in [-0.1, -0.05) is 35.3 Å². The van der Waals surface area contributed by atoms with Gasteiger partial charge in [-0.25, -0.2) is 4.98 Å². The zero-order valence-corrected chi connectivity index (χ0v) is 17.1. The van der Waals surface area contributed by atoms with Crippen molar-refractivity contribution >= 4 is 23.2 Å². The van der Waals surface area contributed by atoms with Crippen molar-refractivity contribution in [1.82, 2.24) is 14.9 Å². The van der Waals surface area contributed by atoms with E-state index in [9.17, 15) is 18.0 Å². The van der Waals surface area contributed by atoms with Crippen LogP contribution in [0.2, 0.25) is 10.0 Å². The number of hydrogen-bond acceptors (Lipinski definition) is 3. The molecule has 0 saturated heterocycles. The lowest BCUT2D eigenvalue weighted by Gasteiger charge is -2.28. The van der Waals surface area contributed by atoms with Crippen LogP contribution in [-0.4, -0.2) is 21.4 Å². The lowest BCUT2D eigenvalue weighted by Crippen LogP contribution is -2.35. The maximum atomic E-state index is 12.8. The highest BCUT2D eigenvalue weighted by molar-refractivity contribution is 6.33. The van der Waals surface area contributed by atoms with Crippen LogP contribution in [0.5, 0.6) is 0 Å². The van der Waals surface area contributed by atoms with Crippen LogP contribution in [0.15, 0.2) is 47.3 Å². The molecule has 0 amide bonds. The molecule has 1 aliphatic rings. The van der Waals surface area contributed by atoms with Crippen molar-refractivity contribution in [2.75, 3.05) is 6.54 Å². The van der Waals surface area contributed by atoms with Crippen molar-refractivity contribution in [1.29, 1.82) is 0 Å². The first kappa shape index (κ1) is 20.9. The third-order valence-corrected chi connectivity index (χ3v) is 5.64. The van der Waals surface area contributed by atoms with E-state index in [0.717, 1.165) is 17.7 Å². The van der Waals surface area contributed by atoms with E-state index in [0.29, 0.717) is 52.9 Å². The van der Waals surface area contributed by atoms with E-state index in [-0.39, 0.29) is 11.4 Å². The Balaban J connectivity index is 1.57. The number of H-pyrrole nitrogens is 1. The van der Waals surface area contributed by atoms with Crippen LogP contribution in [0.25, 0.3) is 11.4 Å². The average Bonchev–Trinajstić information content (AvgIpc) is 2.70. The number of aromatic amines is 1. The molecular formula is C21H16Cl2F3N3O. The topological polar surface area (TPSA) is 49.0 Å². The lowest BCUT2D eigenvalue weighted by atomic mass is 10.0. The van der Waals surface area contributed by atoms with Gasteiger partial charge in [0.05, 0.1) is 16.8 Å². The van der Waals surface area contributed by atoms with Crippen molar-refractivity contribution in [3.05, 3.63) is 85.2 Å². The molecule has 0 saturated carbocycles. The van der Waals surface area contributed by atoms with Crippen LogP contribution in [0.3, 0.4) is 0 Å². The molecule has 4 rings (SSSR count). The van der Waals surface area contributed by atoms with Crippen LogP contribution in [0.1, 0.15) is 22.4 Å². The van der Waals surface area contributed by atoms with Gasteiger partial charge in [-0.3, -0.25) is 9.69 Å². The zero-order valence-electron chi connectivity index (χ0n) is 15.6. The number of rotatable bonds is 3. The summed E-state index contributed by atoms with van der Waals surface area (Å²) in [6.07, 6.45) is -3.87. The molecule has 2 heterocycles. The lowest BCUT2D eigenvalue weighted by molar-refractivity contribution is -0.137. The van der Waals surface area contributed by atoms with Crippen LogP contribution >= 0.6 is 23.2 Å². The van der Waals surface area contributed by atoms with Gasteiger partial charge in [0.15, 0.2) is 0 Å². The summed E-state index contributed by atoms with van der Waals surface area (Å²) in [5.74, 6) is 0.263. The minimum absolute atomic E-state index is 0.263. The normalized spacial score (nSPS) is 14.6. The SMILES string of the molecule is O=c1[nH]c(-c2ccc(C(F)(F)F)cc2)nc2c1CN(Cc1cc(Cl)ccc1Cl)CC2. The molecule has 2 aromatic carbocycles. The summed E-state index contributed by atoms with van der Waals surface area (Å²) in [4.78, 5) is 21.9. The molecule has 0 radical (unpaired) electrons. The standard InChI is InChI=1S/C21H16Cl2F3N3O/c22-15-5-6-17(23)13(9-15)10-29-8-7-18-16(11-29)20(30)28-19(27-18)12-1-3-14(4-2-12)21(24,25)26/h1-6,9H,7-8,10-11H2,(H,27,28,30). The molecule has 0 unspecified atom stereocenters. The van der Waals surface area contributed by atoms with Gasteiger partial charge in [0, 0.05) is 41.7 Å². The van der Waals surface area contributed by atoms with Crippen molar-refractivity contribution in [2.24, 2.45) is 0 Å². The van der Waals surface area contributed by atoms with Crippen molar-refractivity contribution in [2.45, 2.75) is 25.7 Å². The van der Waals surface area contributed by atoms with Crippen LogP contribution in [0, 0.1) is 0 Å². The van der Waals surface area contributed by atoms with Crippen LogP contribution in [-0.2, 0) is 25.7 Å². The molecule has 4 nitrogen and oxygen atoms in total. The van der Waals surface area contributed by atoms with Gasteiger partial charge >= 0.3 is 6.18 Å². The Kier molecular flexibility index (Phi) is 5.61. The molecule has 9 heteroatoms. The molecule has 0 fully saturated rings. The predicted molar refractivity (Wildman–Crippen MR) is 110 cm³/mol. The fourth-order valence-corrected chi connectivity index (χ4v) is 3.85. The van der Waals surface area contributed by atoms with E-state index in [4.69, 9.17) is 23.2 Å². The number of aromatic nitrogens is 2. The van der Waals surface area contributed by atoms with Gasteiger partial charge in [-0.05, 0) is 35.9 Å². The van der Waals surface area contributed by atoms with E-state index < -0.39 is 11.7 Å². The van der Waals surface area contributed by atoms with Crippen molar-refractivity contribution < 1.29 is 13.2 Å². The van der Waals surface area contributed by atoms with E-state index in [1.54, 1.807) is 18.2 Å². The Morgan fingerprint density at radius 2 is 1.83 bits per heavy atom. The van der Waals surface area contributed by atoms with Gasteiger partial charge in [0.1, 0.15) is 5.82 Å². The first-order chi connectivity index (χ1) is 14.2. The first-order valence-corrected chi connectivity index (χ1v) is 9.92. The van der Waals surface area contributed by atoms with Crippen LogP contribution in [0.4, 0.5) is 13.2 Å². The summed E-state index contributed by atoms with van der Waals surface area (Å²) in [5.41, 5.74) is 1.46. The fraction of sp³-hybridized carbons (Fsp3) is 0.238. The Morgan fingerprint density at radius 3 is 2.53 bits per heavy atom. The van der Waals surface area contributed by atoms with E-state index >= 15 is 0 Å². The molecule has 0 spiro atoms. The number of nitrogens with zero attached hydrogens (tertiary/aromatic N) is 2. The van der Waals surface area contributed by atoms with Gasteiger partial charge in [-0.15, -0.1) is 0 Å². The summed E-state index contributed by atoms with van der Waals surface area (Å²) >= 11 is 12.3. The number of benzene rings is 2. The summed E-state index contributed by atoms with van der Waals surface area (Å²) in [6.45, 7) is 1.60. The molecule has 0 aliphatic carbocycles. The first-order valence-electron chi connectivity index (χ1n) is 9.16. The summed E-state index contributed by atoms with van der Waals surface area (Å²) in [7, 11) is 0. The summed E-state index contributed by atoms with van der Waals surface area (Å²) in [6, 6.07) is 9.83. The molecule has 3 aromatic rings. The Hall–Kier alpha value is -2.35. The van der Waals surface area contributed by atoms with Gasteiger partial charge in [-0.2, -0.15) is 13.2 Å². The summed E-state index contributed by atoms with van der Waals surface area (Å²) < 4.78 is 38.3. The minimum atomic E-state index is -4.41. The molecule has 0 bridgehead atoms. The monoisotopic (exact) mass is 453 g/mol. The van der Waals surface area contributed by atoms with Gasteiger partial charge in [0.25, 0.3) is 5.56 Å². The smallest absolute Gasteiger partial charge is 0.306 e. The fourth-order valence-electron chi connectivity index (χ4n) is 3.48. The molecule has 0 atom stereocenters. The van der Waals surface area contributed by atoms with E-state index in [1.807, 2.05) is 0 Å². The average molecular weight is 454 g/mol. The molecule has 1 aromatic heterocycles. The summed E-state index contributed by atoms with van der Waals surface area (Å²) in [5, 5.41) is 1.20. The molecule has 30 heavy (non-hydrogen) atoms. The predicted octanol–water partition coefficient (Wildman–Crippen LogP) is 5.32. The third-order valence-electron chi connectivity index (χ3n) is 5.04. The number of nitrogens with one attached hydrogen (secondary N) is 1. The largest absolute Gasteiger partial charge is 0.416 e. The Bertz CT molecular complexity index is 1140. The maximum absolute atomic E-state index is 12.8. The number of halogens is 5. The Morgan fingerprint density at radius 1 is 1.10 bits per heavy atom. The Labute approximate surface area is 180 Å². The third kappa shape index (κ3) is 4.38. The quantitative estimate of drug-likeness (QED) is 0.583. The molecule has 1 aliphatic heterocycles. The maximum Gasteiger partial charge on any atom is 0.416 e. The van der Waals surface area contributed by atoms with Crippen LogP contribution < -0.4 is 5.56 Å². The second kappa shape index (κ2) is 8.06. The van der Waals surface area contributed by atoms with Crippen molar-refractivity contribution in [3.63, 3.8) is 0 Å².